The number of carbonyl (C=O) groups is 1. The molecule has 0 bridgehead atoms. The number of hydrogen-bond acceptors (Lipinski definition) is 3. The van der Waals surface area contributed by atoms with Gasteiger partial charge in [-0.25, -0.2) is 0 Å². The molecule has 3 aromatic rings. The van der Waals surface area contributed by atoms with Crippen LogP contribution in [0.3, 0.4) is 0 Å². The first-order valence-corrected chi connectivity index (χ1v) is 7.26. The minimum absolute atomic E-state index is 0.0187. The summed E-state index contributed by atoms with van der Waals surface area (Å²) in [5, 5.41) is 13.6. The van der Waals surface area contributed by atoms with Gasteiger partial charge in [-0.05, 0) is 47.5 Å². The van der Waals surface area contributed by atoms with E-state index in [1.165, 1.54) is 18.2 Å². The zero-order chi connectivity index (χ0) is 16.9. The van der Waals surface area contributed by atoms with Gasteiger partial charge in [0.1, 0.15) is 0 Å². The molecule has 0 heterocycles. The van der Waals surface area contributed by atoms with Crippen LogP contribution in [0.2, 0.25) is 0 Å². The average molecular weight is 317 g/mol. The maximum absolute atomic E-state index is 12.1. The smallest absolute Gasteiger partial charge is 0.270 e. The third-order valence-corrected chi connectivity index (χ3v) is 3.49. The number of amides is 1. The zero-order valence-corrected chi connectivity index (χ0v) is 12.6. The Morgan fingerprint density at radius 3 is 2.38 bits per heavy atom. The monoisotopic (exact) mass is 317 g/mol. The lowest BCUT2D eigenvalue weighted by Crippen LogP contribution is -2.11. The van der Waals surface area contributed by atoms with Crippen LogP contribution >= 0.6 is 0 Å². The number of hydrogen-bond donors (Lipinski definition) is 1. The standard InChI is InChI=1S/C19H13N2O3/c22-19(15-5-2-1-3-6-15)20-17-11-9-14(10-12-17)16-7-4-8-18(13-16)21(23)24/h1-6,8-13H,(H,20,22). The molecule has 0 saturated carbocycles. The molecule has 1 radical (unpaired) electrons. The van der Waals surface area contributed by atoms with Crippen LogP contribution in [0.15, 0.2) is 72.8 Å². The van der Waals surface area contributed by atoms with Crippen molar-refractivity contribution in [2.24, 2.45) is 0 Å². The van der Waals surface area contributed by atoms with E-state index in [0.29, 0.717) is 16.8 Å². The highest BCUT2D eigenvalue weighted by Crippen LogP contribution is 2.24. The van der Waals surface area contributed by atoms with E-state index in [2.05, 4.69) is 11.4 Å². The van der Waals surface area contributed by atoms with Gasteiger partial charge in [-0.1, -0.05) is 30.3 Å². The van der Waals surface area contributed by atoms with Gasteiger partial charge in [0.25, 0.3) is 11.6 Å². The second kappa shape index (κ2) is 6.75. The van der Waals surface area contributed by atoms with E-state index in [4.69, 9.17) is 0 Å². The van der Waals surface area contributed by atoms with E-state index >= 15 is 0 Å². The van der Waals surface area contributed by atoms with E-state index in [1.807, 2.05) is 6.07 Å². The molecule has 0 aliphatic heterocycles. The van der Waals surface area contributed by atoms with Crippen molar-refractivity contribution in [1.82, 2.24) is 0 Å². The number of nitrogens with zero attached hydrogens (tertiary/aromatic N) is 1. The van der Waals surface area contributed by atoms with Crippen LogP contribution in [0.4, 0.5) is 11.4 Å². The van der Waals surface area contributed by atoms with Gasteiger partial charge >= 0.3 is 0 Å². The predicted octanol–water partition coefficient (Wildman–Crippen LogP) is 4.31. The lowest BCUT2D eigenvalue weighted by atomic mass is 10.0. The molecule has 0 aliphatic rings. The first kappa shape index (κ1) is 15.4. The largest absolute Gasteiger partial charge is 0.322 e. The van der Waals surface area contributed by atoms with Crippen molar-refractivity contribution in [2.75, 3.05) is 5.32 Å². The Hall–Kier alpha value is -3.47. The van der Waals surface area contributed by atoms with E-state index in [1.54, 1.807) is 48.5 Å². The van der Waals surface area contributed by atoms with Gasteiger partial charge < -0.3 is 5.32 Å². The second-order valence-electron chi connectivity index (χ2n) is 5.12. The summed E-state index contributed by atoms with van der Waals surface area (Å²) in [4.78, 5) is 22.5. The number of non-ortho nitro benzene ring substituents is 1. The Morgan fingerprint density at radius 2 is 1.71 bits per heavy atom. The maximum Gasteiger partial charge on any atom is 0.270 e. The molecule has 0 unspecified atom stereocenters. The fraction of sp³-hybridized carbons (Fsp3) is 0. The highest BCUT2D eigenvalue weighted by molar-refractivity contribution is 6.04. The van der Waals surface area contributed by atoms with Gasteiger partial charge in [-0.3, -0.25) is 14.9 Å². The predicted molar refractivity (Wildman–Crippen MR) is 91.8 cm³/mol. The van der Waals surface area contributed by atoms with Crippen molar-refractivity contribution in [1.29, 1.82) is 0 Å². The van der Waals surface area contributed by atoms with Crippen molar-refractivity contribution in [2.45, 2.75) is 0 Å². The van der Waals surface area contributed by atoms with Crippen molar-refractivity contribution in [3.8, 4) is 11.1 Å². The average Bonchev–Trinajstić information content (AvgIpc) is 2.63. The molecule has 0 aliphatic carbocycles. The number of carbonyl (C=O) groups excluding carboxylic acids is 1. The summed E-state index contributed by atoms with van der Waals surface area (Å²) in [7, 11) is 0. The molecule has 1 amide bonds. The van der Waals surface area contributed by atoms with Crippen LogP contribution in [0.5, 0.6) is 0 Å². The van der Waals surface area contributed by atoms with E-state index in [9.17, 15) is 14.9 Å². The molecular formula is C19H13N2O3. The first-order valence-electron chi connectivity index (χ1n) is 7.26. The Labute approximate surface area is 138 Å². The Kier molecular flexibility index (Phi) is 4.34. The van der Waals surface area contributed by atoms with Gasteiger partial charge in [0, 0.05) is 23.4 Å². The Bertz CT molecular complexity index is 875. The van der Waals surface area contributed by atoms with Gasteiger partial charge in [0.15, 0.2) is 0 Å². The molecule has 0 aromatic heterocycles. The molecule has 0 fully saturated rings. The lowest BCUT2D eigenvalue weighted by Gasteiger charge is -2.07. The summed E-state index contributed by atoms with van der Waals surface area (Å²) in [6.45, 7) is 0. The minimum Gasteiger partial charge on any atom is -0.322 e. The minimum atomic E-state index is -0.439. The topological polar surface area (TPSA) is 72.2 Å². The van der Waals surface area contributed by atoms with Crippen LogP contribution < -0.4 is 5.32 Å². The maximum atomic E-state index is 12.1. The number of rotatable bonds is 4. The third kappa shape index (κ3) is 3.47. The molecule has 3 rings (SSSR count). The number of anilines is 1. The molecule has 5 nitrogen and oxygen atoms in total. The molecule has 117 valence electrons. The third-order valence-electron chi connectivity index (χ3n) is 3.49. The van der Waals surface area contributed by atoms with Crippen molar-refractivity contribution in [3.05, 3.63) is 94.5 Å². The second-order valence-corrected chi connectivity index (χ2v) is 5.12. The number of nitro benzene ring substituents is 1. The molecule has 0 saturated heterocycles. The summed E-state index contributed by atoms with van der Waals surface area (Å²) in [5.74, 6) is -0.190. The van der Waals surface area contributed by atoms with Crippen LogP contribution in [-0.2, 0) is 0 Å². The first-order chi connectivity index (χ1) is 11.6. The summed E-state index contributed by atoms with van der Waals surface area (Å²) in [6.07, 6.45) is 0. The summed E-state index contributed by atoms with van der Waals surface area (Å²) in [6, 6.07) is 23.4. The molecule has 5 heteroatoms. The summed E-state index contributed by atoms with van der Waals surface area (Å²) < 4.78 is 0. The van der Waals surface area contributed by atoms with Gasteiger partial charge in [-0.2, -0.15) is 0 Å². The zero-order valence-electron chi connectivity index (χ0n) is 12.6. The molecule has 0 atom stereocenters. The van der Waals surface area contributed by atoms with Crippen LogP contribution in [0.25, 0.3) is 11.1 Å². The Morgan fingerprint density at radius 1 is 1.00 bits per heavy atom. The number of nitrogens with one attached hydrogen (secondary N) is 1. The fourth-order valence-electron chi connectivity index (χ4n) is 2.26. The SMILES string of the molecule is O=C(Nc1ccc(-c2[c]ccc([N+](=O)[O-])c2)cc1)c1ccccc1. The van der Waals surface area contributed by atoms with Crippen LogP contribution in [0.1, 0.15) is 10.4 Å². The van der Waals surface area contributed by atoms with Crippen molar-refractivity contribution >= 4 is 17.3 Å². The van der Waals surface area contributed by atoms with Crippen molar-refractivity contribution < 1.29 is 9.72 Å². The quantitative estimate of drug-likeness (QED) is 0.575. The number of nitro groups is 1. The van der Waals surface area contributed by atoms with E-state index < -0.39 is 4.92 Å². The van der Waals surface area contributed by atoms with Gasteiger partial charge in [-0.15, -0.1) is 0 Å². The molecular weight excluding hydrogens is 304 g/mol. The summed E-state index contributed by atoms with van der Waals surface area (Å²) >= 11 is 0. The lowest BCUT2D eigenvalue weighted by molar-refractivity contribution is -0.384. The van der Waals surface area contributed by atoms with Crippen LogP contribution in [-0.4, -0.2) is 10.8 Å². The van der Waals surface area contributed by atoms with E-state index in [-0.39, 0.29) is 11.6 Å². The van der Waals surface area contributed by atoms with Crippen LogP contribution in [0, 0.1) is 16.2 Å². The van der Waals surface area contributed by atoms with Gasteiger partial charge in [0.2, 0.25) is 0 Å². The van der Waals surface area contributed by atoms with E-state index in [0.717, 1.165) is 5.56 Å². The van der Waals surface area contributed by atoms with Gasteiger partial charge in [0.05, 0.1) is 4.92 Å². The number of benzene rings is 3. The highest BCUT2D eigenvalue weighted by atomic mass is 16.6. The summed E-state index contributed by atoms with van der Waals surface area (Å²) in [5.41, 5.74) is 2.67. The molecule has 3 aromatic carbocycles. The molecule has 24 heavy (non-hydrogen) atoms. The molecule has 0 spiro atoms. The fourth-order valence-corrected chi connectivity index (χ4v) is 2.26. The molecule has 1 N–H and O–H groups in total. The Balaban J connectivity index is 1.77. The van der Waals surface area contributed by atoms with Crippen molar-refractivity contribution in [3.63, 3.8) is 0 Å². The normalized spacial score (nSPS) is 10.2. The highest BCUT2D eigenvalue weighted by Gasteiger charge is 2.08.